The second-order valence-corrected chi connectivity index (χ2v) is 8.40. The molecule has 3 rings (SSSR count). The van der Waals surface area contributed by atoms with Crippen LogP contribution in [0.2, 0.25) is 0 Å². The molecule has 0 saturated carbocycles. The maximum atomic E-state index is 4.44. The number of hydrogen-bond acceptors (Lipinski definition) is 4. The topological polar surface area (TPSA) is 46.1 Å². The number of guanidine groups is 1. The fourth-order valence-corrected chi connectivity index (χ4v) is 4.34. The Morgan fingerprint density at radius 2 is 1.67 bits per heavy atom. The van der Waals surface area contributed by atoms with Crippen LogP contribution in [0.1, 0.15) is 37.3 Å². The lowest BCUT2D eigenvalue weighted by Crippen LogP contribution is -2.45. The summed E-state index contributed by atoms with van der Waals surface area (Å²) < 4.78 is 0. The smallest absolute Gasteiger partial charge is 0.191 e. The van der Waals surface area contributed by atoms with Crippen LogP contribution in [-0.2, 0) is 0 Å². The Hall–Kier alpha value is -0.900. The first-order valence-electron chi connectivity index (χ1n) is 11.4. The third-order valence-electron chi connectivity index (χ3n) is 6.24. The van der Waals surface area contributed by atoms with Gasteiger partial charge in [-0.05, 0) is 57.9 Å². The van der Waals surface area contributed by atoms with Crippen LogP contribution in [0.4, 0.5) is 0 Å². The first kappa shape index (κ1) is 25.4. The summed E-state index contributed by atoms with van der Waals surface area (Å²) in [5, 5.41) is 7.08. The highest BCUT2D eigenvalue weighted by atomic mass is 127. The molecule has 0 amide bonds. The van der Waals surface area contributed by atoms with Crippen molar-refractivity contribution in [1.82, 2.24) is 25.3 Å². The average Bonchev–Trinajstić information content (AvgIpc) is 3.29. The Kier molecular flexibility index (Phi) is 12.0. The highest BCUT2D eigenvalue weighted by Gasteiger charge is 2.23. The van der Waals surface area contributed by atoms with Crippen molar-refractivity contribution in [2.45, 2.75) is 31.7 Å². The van der Waals surface area contributed by atoms with Gasteiger partial charge < -0.3 is 20.4 Å². The zero-order valence-corrected chi connectivity index (χ0v) is 21.2. The van der Waals surface area contributed by atoms with Crippen LogP contribution in [-0.4, -0.2) is 93.7 Å². The third kappa shape index (κ3) is 8.32. The first-order valence-corrected chi connectivity index (χ1v) is 11.4. The zero-order valence-electron chi connectivity index (χ0n) is 18.9. The molecule has 2 heterocycles. The van der Waals surface area contributed by atoms with Crippen LogP contribution in [0.15, 0.2) is 35.3 Å². The molecule has 0 spiro atoms. The molecule has 2 saturated heterocycles. The van der Waals surface area contributed by atoms with E-state index in [9.17, 15) is 0 Å². The highest BCUT2D eigenvalue weighted by Crippen LogP contribution is 2.24. The van der Waals surface area contributed by atoms with Crippen LogP contribution in [0.25, 0.3) is 0 Å². The number of likely N-dealkylation sites (tertiary alicyclic amines) is 1. The fraction of sp³-hybridized carbons (Fsp3) is 0.696. The van der Waals surface area contributed by atoms with Crippen LogP contribution in [0.3, 0.4) is 0 Å². The van der Waals surface area contributed by atoms with E-state index in [1.54, 1.807) is 0 Å². The Balaban J connectivity index is 0.00000320. The number of nitrogens with zero attached hydrogens (tertiary/aromatic N) is 4. The van der Waals surface area contributed by atoms with Gasteiger partial charge in [0.1, 0.15) is 0 Å². The van der Waals surface area contributed by atoms with Crippen LogP contribution >= 0.6 is 24.0 Å². The second-order valence-electron chi connectivity index (χ2n) is 8.40. The van der Waals surface area contributed by atoms with Crippen molar-refractivity contribution >= 4 is 29.9 Å². The summed E-state index contributed by atoms with van der Waals surface area (Å²) in [6.07, 6.45) is 5.04. The summed E-state index contributed by atoms with van der Waals surface area (Å²) in [5.74, 6) is 0.921. The van der Waals surface area contributed by atoms with E-state index in [0.29, 0.717) is 6.04 Å². The van der Waals surface area contributed by atoms with Gasteiger partial charge in [-0.1, -0.05) is 30.3 Å². The second kappa shape index (κ2) is 14.2. The molecule has 2 aliphatic rings. The predicted molar refractivity (Wildman–Crippen MR) is 138 cm³/mol. The van der Waals surface area contributed by atoms with Gasteiger partial charge in [0.15, 0.2) is 5.96 Å². The maximum Gasteiger partial charge on any atom is 0.191 e. The maximum absolute atomic E-state index is 4.44. The Morgan fingerprint density at radius 3 is 2.33 bits per heavy atom. The standard InChI is InChI=1S/C23H40N6.HI/c1-24-23(25-12-6-7-13-28-18-16-27(2)17-19-28)26-20-22(29-14-8-9-15-29)21-10-4-3-5-11-21;/h3-5,10-11,22H,6-9,12-20H2,1-2H3,(H2,24,25,26);1H. The van der Waals surface area contributed by atoms with E-state index < -0.39 is 0 Å². The van der Waals surface area contributed by atoms with Gasteiger partial charge in [0.2, 0.25) is 0 Å². The van der Waals surface area contributed by atoms with Gasteiger partial charge in [-0.25, -0.2) is 0 Å². The summed E-state index contributed by atoms with van der Waals surface area (Å²) in [6, 6.07) is 11.3. The number of halogens is 1. The molecule has 170 valence electrons. The number of piperazine rings is 1. The number of likely N-dealkylation sites (N-methyl/N-ethyl adjacent to an activating group) is 1. The number of aliphatic imine (C=N–C) groups is 1. The lowest BCUT2D eigenvalue weighted by atomic mass is 10.1. The van der Waals surface area contributed by atoms with Crippen molar-refractivity contribution in [3.63, 3.8) is 0 Å². The number of unbranched alkanes of at least 4 members (excludes halogenated alkanes) is 1. The molecule has 7 heteroatoms. The van der Waals surface area contributed by atoms with Crippen molar-refractivity contribution in [2.75, 3.05) is 73.0 Å². The summed E-state index contributed by atoms with van der Waals surface area (Å²) in [4.78, 5) is 12.0. The van der Waals surface area contributed by atoms with E-state index in [0.717, 1.165) is 19.0 Å². The molecule has 2 N–H and O–H groups in total. The Labute approximate surface area is 200 Å². The van der Waals surface area contributed by atoms with E-state index in [1.807, 2.05) is 7.05 Å². The average molecular weight is 529 g/mol. The fourth-order valence-electron chi connectivity index (χ4n) is 4.34. The molecule has 6 nitrogen and oxygen atoms in total. The Morgan fingerprint density at radius 1 is 0.967 bits per heavy atom. The first-order chi connectivity index (χ1) is 14.3. The largest absolute Gasteiger partial charge is 0.356 e. The monoisotopic (exact) mass is 528 g/mol. The van der Waals surface area contributed by atoms with Gasteiger partial charge in [0.05, 0.1) is 6.04 Å². The summed E-state index contributed by atoms with van der Waals surface area (Å²) in [5.41, 5.74) is 1.39. The van der Waals surface area contributed by atoms with Gasteiger partial charge in [-0.2, -0.15) is 0 Å². The van der Waals surface area contributed by atoms with Gasteiger partial charge in [0.25, 0.3) is 0 Å². The van der Waals surface area contributed by atoms with E-state index in [1.165, 1.54) is 77.1 Å². The van der Waals surface area contributed by atoms with Crippen LogP contribution < -0.4 is 10.6 Å². The Bertz CT molecular complexity index is 597. The number of benzene rings is 1. The van der Waals surface area contributed by atoms with Crippen molar-refractivity contribution in [1.29, 1.82) is 0 Å². The van der Waals surface area contributed by atoms with E-state index in [-0.39, 0.29) is 24.0 Å². The SMILES string of the molecule is CN=C(NCCCCN1CCN(C)CC1)NCC(c1ccccc1)N1CCCC1.I. The minimum atomic E-state index is 0. The van der Waals surface area contributed by atoms with Crippen LogP contribution in [0.5, 0.6) is 0 Å². The van der Waals surface area contributed by atoms with Crippen molar-refractivity contribution in [2.24, 2.45) is 4.99 Å². The summed E-state index contributed by atoms with van der Waals surface area (Å²) in [7, 11) is 4.08. The lowest BCUT2D eigenvalue weighted by molar-refractivity contribution is 0.152. The minimum absolute atomic E-state index is 0. The van der Waals surface area contributed by atoms with E-state index >= 15 is 0 Å². The normalized spacial score (nSPS) is 20.0. The number of nitrogens with one attached hydrogen (secondary N) is 2. The molecular weight excluding hydrogens is 487 g/mol. The number of hydrogen-bond donors (Lipinski definition) is 2. The molecule has 1 unspecified atom stereocenters. The lowest BCUT2D eigenvalue weighted by Gasteiger charge is -2.32. The highest BCUT2D eigenvalue weighted by molar-refractivity contribution is 14.0. The quantitative estimate of drug-likeness (QED) is 0.224. The van der Waals surface area contributed by atoms with Gasteiger partial charge in [0, 0.05) is 46.3 Å². The molecule has 0 bridgehead atoms. The van der Waals surface area contributed by atoms with E-state index in [4.69, 9.17) is 0 Å². The molecule has 0 radical (unpaired) electrons. The van der Waals surface area contributed by atoms with E-state index in [2.05, 4.69) is 67.7 Å². The molecule has 1 aromatic carbocycles. The van der Waals surface area contributed by atoms with Gasteiger partial charge >= 0.3 is 0 Å². The third-order valence-corrected chi connectivity index (χ3v) is 6.24. The van der Waals surface area contributed by atoms with Gasteiger partial charge in [-0.15, -0.1) is 24.0 Å². The van der Waals surface area contributed by atoms with Crippen molar-refractivity contribution < 1.29 is 0 Å². The molecule has 0 aromatic heterocycles. The van der Waals surface area contributed by atoms with Crippen LogP contribution in [0, 0.1) is 0 Å². The molecule has 2 fully saturated rings. The predicted octanol–water partition coefficient (Wildman–Crippen LogP) is 2.63. The minimum Gasteiger partial charge on any atom is -0.356 e. The molecule has 1 atom stereocenters. The zero-order chi connectivity index (χ0) is 20.3. The summed E-state index contributed by atoms with van der Waals surface area (Å²) >= 11 is 0. The number of rotatable bonds is 9. The molecule has 1 aromatic rings. The molecular formula is C23H41IN6. The molecule has 30 heavy (non-hydrogen) atoms. The molecule has 0 aliphatic carbocycles. The van der Waals surface area contributed by atoms with Crippen molar-refractivity contribution in [3.8, 4) is 0 Å². The summed E-state index contributed by atoms with van der Waals surface area (Å²) in [6.45, 7) is 10.3. The van der Waals surface area contributed by atoms with Crippen molar-refractivity contribution in [3.05, 3.63) is 35.9 Å². The molecule has 2 aliphatic heterocycles. The van der Waals surface area contributed by atoms with Gasteiger partial charge in [-0.3, -0.25) is 9.89 Å².